The Labute approximate surface area is 143 Å². The van der Waals surface area contributed by atoms with Crippen molar-refractivity contribution < 1.29 is 13.2 Å². The molecule has 6 nitrogen and oxygen atoms in total. The lowest BCUT2D eigenvalue weighted by molar-refractivity contribution is -0.0107. The molecule has 3 heterocycles. The number of fused-ring (bicyclic) bond motifs is 1. The third-order valence-electron chi connectivity index (χ3n) is 5.02. The second-order valence-electron chi connectivity index (χ2n) is 6.66. The summed E-state index contributed by atoms with van der Waals surface area (Å²) in [5.41, 5.74) is 0.738. The first-order valence-corrected chi connectivity index (χ1v) is 10.1. The number of ether oxygens (including phenoxy) is 1. The first kappa shape index (κ1) is 16.1. The van der Waals surface area contributed by atoms with Crippen molar-refractivity contribution in [2.75, 3.05) is 39.3 Å². The van der Waals surface area contributed by atoms with Gasteiger partial charge in [-0.3, -0.25) is 4.90 Å². The molecule has 4 rings (SSSR count). The van der Waals surface area contributed by atoms with Crippen LogP contribution in [0.4, 0.5) is 0 Å². The first-order chi connectivity index (χ1) is 11.6. The van der Waals surface area contributed by atoms with Crippen LogP contribution in [-0.4, -0.2) is 69.5 Å². The molecule has 2 fully saturated rings. The Morgan fingerprint density at radius 1 is 1.12 bits per heavy atom. The number of hydrogen-bond acceptors (Lipinski definition) is 5. The predicted molar refractivity (Wildman–Crippen MR) is 91.8 cm³/mol. The summed E-state index contributed by atoms with van der Waals surface area (Å²) in [5.74, 6) is 0.610. The lowest BCUT2D eigenvalue weighted by atomic mass is 10.1. The summed E-state index contributed by atoms with van der Waals surface area (Å²) >= 11 is 0. The van der Waals surface area contributed by atoms with Crippen molar-refractivity contribution in [3.05, 3.63) is 29.8 Å². The molecular formula is C17H23N3O3S. The van der Waals surface area contributed by atoms with Crippen LogP contribution in [0.1, 0.15) is 24.8 Å². The average molecular weight is 349 g/mol. The zero-order valence-electron chi connectivity index (χ0n) is 13.7. The van der Waals surface area contributed by atoms with Crippen LogP contribution < -0.4 is 0 Å². The first-order valence-electron chi connectivity index (χ1n) is 8.67. The number of amidine groups is 1. The highest BCUT2D eigenvalue weighted by molar-refractivity contribution is 7.90. The van der Waals surface area contributed by atoms with Gasteiger partial charge in [0.2, 0.25) is 0 Å². The summed E-state index contributed by atoms with van der Waals surface area (Å²) < 4.78 is 34.2. The fraction of sp³-hybridized carbons (Fsp3) is 0.588. The second-order valence-corrected chi connectivity index (χ2v) is 8.23. The van der Waals surface area contributed by atoms with Gasteiger partial charge in [-0.05, 0) is 31.4 Å². The Morgan fingerprint density at radius 2 is 1.92 bits per heavy atom. The summed E-state index contributed by atoms with van der Waals surface area (Å²) in [6.07, 6.45) is 3.95. The quantitative estimate of drug-likeness (QED) is 0.806. The van der Waals surface area contributed by atoms with Gasteiger partial charge >= 0.3 is 0 Å². The molecule has 24 heavy (non-hydrogen) atoms. The standard InChI is InChI=1S/C17H23N3O3S/c21-24(22)16-7-2-1-6-15(16)17(18-24)20-10-8-19(9-11-20)13-14-5-3-4-12-23-14/h1-2,6-7,14H,3-5,8-13H2. The Bertz CT molecular complexity index is 733. The number of hydrogen-bond donors (Lipinski definition) is 0. The minimum absolute atomic E-state index is 0.332. The van der Waals surface area contributed by atoms with Crippen molar-refractivity contribution in [2.45, 2.75) is 30.3 Å². The third kappa shape index (κ3) is 3.08. The van der Waals surface area contributed by atoms with Crippen LogP contribution in [0.3, 0.4) is 0 Å². The van der Waals surface area contributed by atoms with Crippen molar-refractivity contribution in [1.82, 2.24) is 9.80 Å². The monoisotopic (exact) mass is 349 g/mol. The van der Waals surface area contributed by atoms with E-state index in [9.17, 15) is 8.42 Å². The van der Waals surface area contributed by atoms with Gasteiger partial charge in [-0.1, -0.05) is 12.1 Å². The highest BCUT2D eigenvalue weighted by Gasteiger charge is 2.33. The van der Waals surface area contributed by atoms with Gasteiger partial charge in [0, 0.05) is 44.9 Å². The molecule has 0 amide bonds. The molecule has 130 valence electrons. The average Bonchev–Trinajstić information content (AvgIpc) is 2.88. The van der Waals surface area contributed by atoms with Crippen LogP contribution in [0.5, 0.6) is 0 Å². The van der Waals surface area contributed by atoms with Crippen molar-refractivity contribution >= 4 is 15.9 Å². The fourth-order valence-electron chi connectivity index (χ4n) is 3.70. The van der Waals surface area contributed by atoms with Gasteiger partial charge in [0.05, 0.1) is 6.10 Å². The number of piperazine rings is 1. The second kappa shape index (κ2) is 6.46. The number of rotatable bonds is 2. The lowest BCUT2D eigenvalue weighted by Crippen LogP contribution is -2.50. The van der Waals surface area contributed by atoms with Gasteiger partial charge < -0.3 is 9.64 Å². The van der Waals surface area contributed by atoms with E-state index in [1.807, 2.05) is 12.1 Å². The van der Waals surface area contributed by atoms with Gasteiger partial charge in [-0.25, -0.2) is 0 Å². The Morgan fingerprint density at radius 3 is 2.67 bits per heavy atom. The van der Waals surface area contributed by atoms with Gasteiger partial charge in [-0.15, -0.1) is 4.40 Å². The summed E-state index contributed by atoms with van der Waals surface area (Å²) in [4.78, 5) is 4.85. The molecule has 0 bridgehead atoms. The minimum atomic E-state index is -3.53. The van der Waals surface area contributed by atoms with E-state index in [1.165, 1.54) is 12.8 Å². The van der Waals surface area contributed by atoms with Crippen LogP contribution in [0.15, 0.2) is 33.6 Å². The van der Waals surface area contributed by atoms with E-state index < -0.39 is 10.0 Å². The zero-order valence-corrected chi connectivity index (χ0v) is 14.5. The topological polar surface area (TPSA) is 62.2 Å². The molecular weight excluding hydrogens is 326 g/mol. The largest absolute Gasteiger partial charge is 0.377 e. The molecule has 1 aromatic carbocycles. The molecule has 1 aromatic rings. The summed E-state index contributed by atoms with van der Waals surface area (Å²) in [5, 5.41) is 0. The Balaban J connectivity index is 1.41. The van der Waals surface area contributed by atoms with Crippen molar-refractivity contribution in [2.24, 2.45) is 4.40 Å². The maximum absolute atomic E-state index is 12.2. The van der Waals surface area contributed by atoms with E-state index in [-0.39, 0.29) is 0 Å². The zero-order chi connectivity index (χ0) is 16.6. The molecule has 7 heteroatoms. The molecule has 0 aliphatic carbocycles. The van der Waals surface area contributed by atoms with Crippen LogP contribution in [0.25, 0.3) is 0 Å². The molecule has 1 atom stereocenters. The molecule has 3 aliphatic rings. The normalized spacial score (nSPS) is 26.9. The van der Waals surface area contributed by atoms with Crippen LogP contribution >= 0.6 is 0 Å². The van der Waals surface area contributed by atoms with E-state index in [1.54, 1.807) is 12.1 Å². The van der Waals surface area contributed by atoms with Crippen LogP contribution in [0, 0.1) is 0 Å². The van der Waals surface area contributed by atoms with Crippen LogP contribution in [-0.2, 0) is 14.8 Å². The van der Waals surface area contributed by atoms with E-state index >= 15 is 0 Å². The molecule has 0 radical (unpaired) electrons. The molecule has 0 N–H and O–H groups in total. The summed E-state index contributed by atoms with van der Waals surface area (Å²) in [6, 6.07) is 7.10. The van der Waals surface area contributed by atoms with Crippen molar-refractivity contribution in [1.29, 1.82) is 0 Å². The Kier molecular flexibility index (Phi) is 4.32. The Hall–Kier alpha value is -1.44. The number of benzene rings is 1. The van der Waals surface area contributed by atoms with Gasteiger partial charge in [0.1, 0.15) is 4.90 Å². The van der Waals surface area contributed by atoms with E-state index in [2.05, 4.69) is 14.2 Å². The molecule has 3 aliphatic heterocycles. The molecule has 2 saturated heterocycles. The van der Waals surface area contributed by atoms with Gasteiger partial charge in [0.15, 0.2) is 5.84 Å². The van der Waals surface area contributed by atoms with Crippen molar-refractivity contribution in [3.8, 4) is 0 Å². The van der Waals surface area contributed by atoms with Crippen LogP contribution in [0.2, 0.25) is 0 Å². The summed E-state index contributed by atoms with van der Waals surface area (Å²) in [6.45, 7) is 5.30. The highest BCUT2D eigenvalue weighted by atomic mass is 32.2. The van der Waals surface area contributed by atoms with E-state index in [0.29, 0.717) is 16.8 Å². The summed E-state index contributed by atoms with van der Waals surface area (Å²) in [7, 11) is -3.53. The smallest absolute Gasteiger partial charge is 0.285 e. The number of nitrogens with zero attached hydrogens (tertiary/aromatic N) is 3. The fourth-order valence-corrected chi connectivity index (χ4v) is 4.93. The van der Waals surface area contributed by atoms with Gasteiger partial charge in [-0.2, -0.15) is 8.42 Å². The lowest BCUT2D eigenvalue weighted by Gasteiger charge is -2.37. The molecule has 0 saturated carbocycles. The maximum atomic E-state index is 12.2. The third-order valence-corrected chi connectivity index (χ3v) is 6.35. The molecule has 0 spiro atoms. The maximum Gasteiger partial charge on any atom is 0.285 e. The van der Waals surface area contributed by atoms with Crippen molar-refractivity contribution in [3.63, 3.8) is 0 Å². The van der Waals surface area contributed by atoms with Gasteiger partial charge in [0.25, 0.3) is 10.0 Å². The highest BCUT2D eigenvalue weighted by Crippen LogP contribution is 2.28. The van der Waals surface area contributed by atoms with E-state index in [0.717, 1.165) is 51.3 Å². The SMILES string of the molecule is O=S1(=O)N=C(N2CCN(CC3CCCCO3)CC2)c2ccccc21. The van der Waals surface area contributed by atoms with E-state index in [4.69, 9.17) is 4.74 Å². The molecule has 1 unspecified atom stereocenters. The molecule has 0 aromatic heterocycles. The number of sulfonamides is 1. The minimum Gasteiger partial charge on any atom is -0.377 e. The predicted octanol–water partition coefficient (Wildman–Crippen LogP) is 1.32.